The Balaban J connectivity index is 1.69. The van der Waals surface area contributed by atoms with Crippen LogP contribution in [-0.2, 0) is 20.8 Å². The van der Waals surface area contributed by atoms with Crippen LogP contribution in [0.5, 0.6) is 5.75 Å². The van der Waals surface area contributed by atoms with Crippen molar-refractivity contribution in [1.29, 1.82) is 0 Å². The SMILES string of the molecule is CN(C)[C@@H]1C(=O)C(C(N)=O)=C(O)[C@@]2(O)C(=O)C3=C(O)c4c(O)ccc(C#Cc5ccccc5)c4C[C@H]3C[C@@H]12. The first-order valence-electron chi connectivity index (χ1n) is 12.0. The van der Waals surface area contributed by atoms with E-state index < -0.39 is 58.0 Å². The number of Topliss-reactive ketones (excluding diaryl/α,β-unsaturated/α-hetero) is 2. The summed E-state index contributed by atoms with van der Waals surface area (Å²) in [5.41, 5.74) is 3.50. The Morgan fingerprint density at radius 3 is 2.37 bits per heavy atom. The largest absolute Gasteiger partial charge is 0.508 e. The van der Waals surface area contributed by atoms with Crippen molar-refractivity contribution in [3.63, 3.8) is 0 Å². The summed E-state index contributed by atoms with van der Waals surface area (Å²) in [4.78, 5) is 40.5. The molecule has 9 nitrogen and oxygen atoms in total. The smallest absolute Gasteiger partial charge is 0.255 e. The van der Waals surface area contributed by atoms with Crippen LogP contribution in [0, 0.1) is 23.7 Å². The summed E-state index contributed by atoms with van der Waals surface area (Å²) >= 11 is 0. The zero-order valence-corrected chi connectivity index (χ0v) is 20.7. The monoisotopic (exact) mass is 514 g/mol. The van der Waals surface area contributed by atoms with E-state index in [4.69, 9.17) is 5.73 Å². The molecule has 5 rings (SSSR count). The number of hydrogen-bond acceptors (Lipinski definition) is 8. The van der Waals surface area contributed by atoms with Crippen molar-refractivity contribution in [3.8, 4) is 17.6 Å². The predicted octanol–water partition coefficient (Wildman–Crippen LogP) is 1.36. The number of likely N-dealkylation sites (N-methyl/N-ethyl adjacent to an activating group) is 1. The molecule has 4 atom stereocenters. The number of carbonyl (C=O) groups excluding carboxylic acids is 3. The van der Waals surface area contributed by atoms with Gasteiger partial charge in [0.05, 0.1) is 11.6 Å². The molecule has 2 aromatic rings. The minimum Gasteiger partial charge on any atom is -0.508 e. The van der Waals surface area contributed by atoms with E-state index in [0.717, 1.165) is 5.56 Å². The highest BCUT2D eigenvalue weighted by Crippen LogP contribution is 2.52. The molecule has 0 saturated heterocycles. The summed E-state index contributed by atoms with van der Waals surface area (Å²) in [5, 5.41) is 44.5. The zero-order valence-electron chi connectivity index (χ0n) is 20.7. The van der Waals surface area contributed by atoms with Gasteiger partial charge in [-0.25, -0.2) is 0 Å². The number of ketones is 2. The maximum absolute atomic E-state index is 13.8. The molecule has 0 heterocycles. The fraction of sp³-hybridized carbons (Fsp3) is 0.276. The molecule has 0 radical (unpaired) electrons. The lowest BCUT2D eigenvalue weighted by Gasteiger charge is -2.50. The molecule has 0 aromatic heterocycles. The second-order valence-electron chi connectivity index (χ2n) is 10.1. The molecule has 38 heavy (non-hydrogen) atoms. The van der Waals surface area contributed by atoms with Crippen molar-refractivity contribution in [2.45, 2.75) is 24.5 Å². The first-order valence-corrected chi connectivity index (χ1v) is 12.0. The number of nitrogens with two attached hydrogens (primary N) is 1. The van der Waals surface area contributed by atoms with Crippen molar-refractivity contribution >= 4 is 23.2 Å². The molecule has 1 amide bonds. The predicted molar refractivity (Wildman–Crippen MR) is 137 cm³/mol. The Labute approximate surface area is 218 Å². The molecule has 0 spiro atoms. The van der Waals surface area contributed by atoms with Crippen LogP contribution in [0.15, 0.2) is 59.4 Å². The fourth-order valence-electron chi connectivity index (χ4n) is 6.02. The van der Waals surface area contributed by atoms with Gasteiger partial charge in [-0.05, 0) is 62.7 Å². The van der Waals surface area contributed by atoms with E-state index in [-0.39, 0.29) is 29.7 Å². The lowest BCUT2D eigenvalue weighted by Crippen LogP contribution is -2.65. The fourth-order valence-corrected chi connectivity index (χ4v) is 6.02. The van der Waals surface area contributed by atoms with Gasteiger partial charge in [-0.3, -0.25) is 19.3 Å². The maximum atomic E-state index is 13.8. The number of hydrogen-bond donors (Lipinski definition) is 5. The van der Waals surface area contributed by atoms with Gasteiger partial charge in [0.15, 0.2) is 11.4 Å². The molecule has 1 fully saturated rings. The normalized spacial score (nSPS) is 26.4. The van der Waals surface area contributed by atoms with Crippen molar-refractivity contribution in [2.75, 3.05) is 14.1 Å². The van der Waals surface area contributed by atoms with Gasteiger partial charge in [-0.15, -0.1) is 0 Å². The van der Waals surface area contributed by atoms with Crippen LogP contribution in [0.1, 0.15) is 28.7 Å². The minimum atomic E-state index is -2.66. The zero-order chi connectivity index (χ0) is 27.5. The molecule has 2 aromatic carbocycles. The van der Waals surface area contributed by atoms with Gasteiger partial charge >= 0.3 is 0 Å². The Morgan fingerprint density at radius 1 is 1.05 bits per heavy atom. The maximum Gasteiger partial charge on any atom is 0.255 e. The number of aliphatic hydroxyl groups excluding tert-OH is 2. The molecule has 6 N–H and O–H groups in total. The van der Waals surface area contributed by atoms with E-state index in [1.54, 1.807) is 20.2 Å². The number of carbonyl (C=O) groups is 3. The third kappa shape index (κ3) is 3.53. The second kappa shape index (κ2) is 8.87. The van der Waals surface area contributed by atoms with Crippen molar-refractivity contribution in [3.05, 3.63) is 81.6 Å². The quantitative estimate of drug-likeness (QED) is 0.297. The molecule has 1 saturated carbocycles. The molecular formula is C29H26N2O7. The molecular weight excluding hydrogens is 488 g/mol. The van der Waals surface area contributed by atoms with E-state index >= 15 is 0 Å². The number of benzene rings is 2. The van der Waals surface area contributed by atoms with Crippen molar-refractivity contribution in [1.82, 2.24) is 4.90 Å². The molecule has 9 heteroatoms. The number of phenols is 1. The highest BCUT2D eigenvalue weighted by molar-refractivity contribution is 6.24. The van der Waals surface area contributed by atoms with Gasteiger partial charge in [0.1, 0.15) is 22.8 Å². The van der Waals surface area contributed by atoms with Gasteiger partial charge in [0.2, 0.25) is 5.78 Å². The van der Waals surface area contributed by atoms with E-state index in [0.29, 0.717) is 11.1 Å². The van der Waals surface area contributed by atoms with Crippen LogP contribution in [0.25, 0.3) is 5.76 Å². The molecule has 194 valence electrons. The Kier molecular flexibility index (Phi) is 5.90. The summed E-state index contributed by atoms with van der Waals surface area (Å²) in [6.45, 7) is 0. The summed E-state index contributed by atoms with van der Waals surface area (Å²) in [7, 11) is 3.12. The van der Waals surface area contributed by atoms with Gasteiger partial charge in [-0.1, -0.05) is 30.0 Å². The molecule has 0 bridgehead atoms. The number of rotatable bonds is 2. The van der Waals surface area contributed by atoms with Crippen LogP contribution < -0.4 is 5.73 Å². The summed E-state index contributed by atoms with van der Waals surface area (Å²) in [6, 6.07) is 11.1. The highest BCUT2D eigenvalue weighted by atomic mass is 16.3. The van der Waals surface area contributed by atoms with Crippen molar-refractivity contribution < 1.29 is 34.8 Å². The second-order valence-corrected chi connectivity index (χ2v) is 10.1. The van der Waals surface area contributed by atoms with Crippen LogP contribution >= 0.6 is 0 Å². The summed E-state index contributed by atoms with van der Waals surface area (Å²) in [6.07, 6.45) is 0.203. The third-order valence-electron chi connectivity index (χ3n) is 7.72. The van der Waals surface area contributed by atoms with Crippen LogP contribution in [0.4, 0.5) is 0 Å². The van der Waals surface area contributed by atoms with Gasteiger partial charge in [-0.2, -0.15) is 0 Å². The number of primary amides is 1. The lowest BCUT2D eigenvalue weighted by atomic mass is 9.57. The van der Waals surface area contributed by atoms with Crippen LogP contribution in [0.2, 0.25) is 0 Å². The topological polar surface area (TPSA) is 161 Å². The molecule has 0 unspecified atom stereocenters. The van der Waals surface area contributed by atoms with Gasteiger partial charge in [0.25, 0.3) is 5.91 Å². The third-order valence-corrected chi connectivity index (χ3v) is 7.72. The number of phenolic OH excluding ortho intramolecular Hbond substituents is 1. The standard InChI is InChI=1S/C29H26N2O7/c1-31(2)23-18-13-16-12-17-15(9-8-14-6-4-3-5-7-14)10-11-19(32)21(17)24(33)20(16)26(35)29(18,38)27(36)22(25(23)34)28(30)37/h3-7,10-11,16,18,23,32-33,36,38H,12-13H2,1-2H3,(H2,30,37)/t16-,18-,23-,29-/m0/s1. The number of nitrogens with zero attached hydrogens (tertiary/aromatic N) is 1. The number of fused-ring (bicyclic) bond motifs is 3. The molecule has 3 aliphatic carbocycles. The van der Waals surface area contributed by atoms with E-state index in [2.05, 4.69) is 11.8 Å². The highest BCUT2D eigenvalue weighted by Gasteiger charge is 2.64. The number of amides is 1. The van der Waals surface area contributed by atoms with Crippen molar-refractivity contribution in [2.24, 2.45) is 17.6 Å². The Morgan fingerprint density at radius 2 is 1.74 bits per heavy atom. The lowest BCUT2D eigenvalue weighted by molar-refractivity contribution is -0.153. The number of aliphatic hydroxyl groups is 3. The van der Waals surface area contributed by atoms with Gasteiger partial charge < -0.3 is 26.2 Å². The van der Waals surface area contributed by atoms with E-state index in [1.807, 2.05) is 30.3 Å². The first-order chi connectivity index (χ1) is 18.0. The summed E-state index contributed by atoms with van der Waals surface area (Å²) < 4.78 is 0. The van der Waals surface area contributed by atoms with Crippen LogP contribution in [0.3, 0.4) is 0 Å². The van der Waals surface area contributed by atoms with E-state index in [9.17, 15) is 34.8 Å². The average molecular weight is 515 g/mol. The Bertz CT molecular complexity index is 1530. The van der Waals surface area contributed by atoms with E-state index in [1.165, 1.54) is 11.0 Å². The average Bonchev–Trinajstić information content (AvgIpc) is 2.86. The minimum absolute atomic E-state index is 0.0150. The van der Waals surface area contributed by atoms with Crippen LogP contribution in [-0.4, -0.2) is 68.5 Å². The molecule has 0 aliphatic heterocycles. The summed E-state index contributed by atoms with van der Waals surface area (Å²) in [5.74, 6) is -0.684. The first kappa shape index (κ1) is 25.3. The Hall–Kier alpha value is -4.39. The number of aromatic hydroxyl groups is 1. The van der Waals surface area contributed by atoms with Gasteiger partial charge in [0, 0.05) is 22.6 Å². The molecule has 3 aliphatic rings.